The molecule has 106 valence electrons. The van der Waals surface area contributed by atoms with Crippen LogP contribution < -0.4 is 5.32 Å². The first kappa shape index (κ1) is 16.6. The number of aliphatic carboxylic acids is 1. The summed E-state index contributed by atoms with van der Waals surface area (Å²) in [6.45, 7) is -0.402. The van der Waals surface area contributed by atoms with Gasteiger partial charge in [0.25, 0.3) is 0 Å². The van der Waals surface area contributed by atoms with Gasteiger partial charge in [-0.3, -0.25) is 0 Å². The number of carbonyl (C=O) groups is 2. The molecule has 0 rings (SSSR count). The van der Waals surface area contributed by atoms with E-state index in [2.05, 4.69) is 5.32 Å². The number of carboxylic acids is 1. The molecule has 0 radical (unpaired) electrons. The number of rotatable bonds is 7. The van der Waals surface area contributed by atoms with Gasteiger partial charge in [-0.15, -0.1) is 0 Å². The molecule has 0 aromatic rings. The number of nitrogens with zero attached hydrogens (tertiary/aromatic N) is 1. The number of carbonyl (C=O) groups excluding carboxylic acids is 1. The van der Waals surface area contributed by atoms with Crippen molar-refractivity contribution < 1.29 is 28.2 Å². The minimum absolute atomic E-state index is 0.0316. The van der Waals surface area contributed by atoms with Crippen molar-refractivity contribution in [2.24, 2.45) is 0 Å². The van der Waals surface area contributed by atoms with Gasteiger partial charge < -0.3 is 20.4 Å². The van der Waals surface area contributed by atoms with Gasteiger partial charge in [-0.05, 0) is 0 Å². The van der Waals surface area contributed by atoms with E-state index in [0.717, 1.165) is 11.2 Å². The first-order valence-electron chi connectivity index (χ1n) is 5.20. The fraction of sp³-hybridized carbons (Fsp3) is 0.778. The molecular weight excluding hydrogens is 264 g/mol. The van der Waals surface area contributed by atoms with Crippen LogP contribution in [0.3, 0.4) is 0 Å². The summed E-state index contributed by atoms with van der Waals surface area (Å²) in [5.41, 5.74) is 0. The molecule has 0 aliphatic heterocycles. The molecule has 18 heavy (non-hydrogen) atoms. The van der Waals surface area contributed by atoms with Crippen molar-refractivity contribution in [2.75, 3.05) is 32.2 Å². The Kier molecular flexibility index (Phi) is 6.63. The molecule has 3 N–H and O–H groups in total. The van der Waals surface area contributed by atoms with Crippen molar-refractivity contribution in [3.63, 3.8) is 0 Å². The maximum atomic E-state index is 11.5. The monoisotopic (exact) mass is 282 g/mol. The molecule has 0 aromatic heterocycles. The highest BCUT2D eigenvalue weighted by molar-refractivity contribution is 7.90. The van der Waals surface area contributed by atoms with Crippen molar-refractivity contribution in [1.29, 1.82) is 0 Å². The third-order valence-corrected chi connectivity index (χ3v) is 3.08. The van der Waals surface area contributed by atoms with Gasteiger partial charge in [0.05, 0.1) is 5.75 Å². The number of aliphatic hydroxyl groups is 1. The van der Waals surface area contributed by atoms with E-state index in [1.165, 1.54) is 7.05 Å². The fourth-order valence-electron chi connectivity index (χ4n) is 1.05. The van der Waals surface area contributed by atoms with Gasteiger partial charge in [0, 0.05) is 32.9 Å². The average Bonchev–Trinajstić information content (AvgIpc) is 2.23. The predicted octanol–water partition coefficient (Wildman–Crippen LogP) is -1.49. The molecule has 0 aliphatic rings. The molecule has 0 aliphatic carbocycles. The lowest BCUT2D eigenvalue weighted by Gasteiger charge is -2.20. The smallest absolute Gasteiger partial charge is 0.326 e. The summed E-state index contributed by atoms with van der Waals surface area (Å²) in [6, 6.07) is -1.89. The summed E-state index contributed by atoms with van der Waals surface area (Å²) < 4.78 is 21.8. The van der Waals surface area contributed by atoms with Gasteiger partial charge in [0.15, 0.2) is 0 Å². The Labute approximate surface area is 106 Å². The summed E-state index contributed by atoms with van der Waals surface area (Å²) >= 11 is 0. The van der Waals surface area contributed by atoms with E-state index >= 15 is 0 Å². The Hall–Kier alpha value is -1.35. The zero-order chi connectivity index (χ0) is 14.3. The second-order valence-electron chi connectivity index (χ2n) is 3.90. The zero-order valence-electron chi connectivity index (χ0n) is 10.3. The van der Waals surface area contributed by atoms with Crippen LogP contribution in [-0.4, -0.2) is 73.8 Å². The molecular formula is C9H18N2O6S. The summed E-state index contributed by atoms with van der Waals surface area (Å²) in [5.74, 6) is -1.46. The summed E-state index contributed by atoms with van der Waals surface area (Å²) in [4.78, 5) is 23.3. The predicted molar refractivity (Wildman–Crippen MR) is 64.0 cm³/mol. The van der Waals surface area contributed by atoms with Crippen LogP contribution in [0.15, 0.2) is 0 Å². The van der Waals surface area contributed by atoms with Gasteiger partial charge in [-0.1, -0.05) is 0 Å². The molecule has 0 aromatic carbocycles. The molecule has 0 spiro atoms. The van der Waals surface area contributed by atoms with E-state index in [1.807, 2.05) is 0 Å². The lowest BCUT2D eigenvalue weighted by atomic mass is 10.2. The first-order valence-corrected chi connectivity index (χ1v) is 7.26. The molecule has 1 unspecified atom stereocenters. The normalized spacial score (nSPS) is 12.8. The van der Waals surface area contributed by atoms with Gasteiger partial charge in [0.1, 0.15) is 15.9 Å². The second-order valence-corrected chi connectivity index (χ2v) is 6.16. The average molecular weight is 282 g/mol. The number of carboxylic acid groups (broad SMARTS) is 1. The van der Waals surface area contributed by atoms with Crippen LogP contribution in [0.25, 0.3) is 0 Å². The minimum Gasteiger partial charge on any atom is -0.480 e. The third-order valence-electron chi connectivity index (χ3n) is 2.16. The van der Waals surface area contributed by atoms with E-state index < -0.39 is 27.9 Å². The fourth-order valence-corrected chi connectivity index (χ4v) is 1.66. The van der Waals surface area contributed by atoms with E-state index in [9.17, 15) is 18.0 Å². The van der Waals surface area contributed by atoms with Crippen LogP contribution in [0, 0.1) is 0 Å². The van der Waals surface area contributed by atoms with Gasteiger partial charge in [0.2, 0.25) is 0 Å². The van der Waals surface area contributed by atoms with Crippen molar-refractivity contribution in [2.45, 2.75) is 12.5 Å². The molecule has 8 nitrogen and oxygen atoms in total. The van der Waals surface area contributed by atoms with Crippen molar-refractivity contribution in [3.05, 3.63) is 0 Å². The maximum Gasteiger partial charge on any atom is 0.326 e. The van der Waals surface area contributed by atoms with E-state index in [1.54, 1.807) is 0 Å². The van der Waals surface area contributed by atoms with Crippen LogP contribution in [0.1, 0.15) is 6.42 Å². The highest BCUT2D eigenvalue weighted by Crippen LogP contribution is 1.95. The molecule has 0 fully saturated rings. The van der Waals surface area contributed by atoms with Crippen LogP contribution in [0.4, 0.5) is 4.79 Å². The van der Waals surface area contributed by atoms with Crippen molar-refractivity contribution in [1.82, 2.24) is 10.2 Å². The highest BCUT2D eigenvalue weighted by atomic mass is 32.2. The molecule has 2 amide bonds. The van der Waals surface area contributed by atoms with Crippen LogP contribution >= 0.6 is 0 Å². The number of hydrogen-bond acceptors (Lipinski definition) is 5. The summed E-state index contributed by atoms with van der Waals surface area (Å²) in [6.07, 6.45) is 0.936. The minimum atomic E-state index is -3.19. The first-order chi connectivity index (χ1) is 8.17. The Bertz CT molecular complexity index is 394. The SMILES string of the molecule is CN(CCS(C)(=O)=O)C(=O)NC(CCO)C(=O)O. The van der Waals surface area contributed by atoms with Crippen molar-refractivity contribution in [3.8, 4) is 0 Å². The van der Waals surface area contributed by atoms with Crippen molar-refractivity contribution >= 4 is 21.8 Å². The topological polar surface area (TPSA) is 124 Å². The summed E-state index contributed by atoms with van der Waals surface area (Å²) in [5, 5.41) is 19.6. The quantitative estimate of drug-likeness (QED) is 0.522. The van der Waals surface area contributed by atoms with Gasteiger partial charge in [-0.25, -0.2) is 18.0 Å². The van der Waals surface area contributed by atoms with Crippen LogP contribution in [-0.2, 0) is 14.6 Å². The Balaban J connectivity index is 4.33. The standard InChI is InChI=1S/C9H18N2O6S/c1-11(4-6-18(2,16)17)9(15)10-7(3-5-12)8(13)14/h7,12H,3-6H2,1-2H3,(H,10,15)(H,13,14). The van der Waals surface area contributed by atoms with Gasteiger partial charge in [-0.2, -0.15) is 0 Å². The Morgan fingerprint density at radius 2 is 1.94 bits per heavy atom. The van der Waals surface area contributed by atoms with E-state index in [0.29, 0.717) is 0 Å². The lowest BCUT2D eigenvalue weighted by Crippen LogP contribution is -2.47. The number of sulfone groups is 1. The van der Waals surface area contributed by atoms with Crippen LogP contribution in [0.5, 0.6) is 0 Å². The summed E-state index contributed by atoms with van der Waals surface area (Å²) in [7, 11) is -1.83. The van der Waals surface area contributed by atoms with E-state index in [4.69, 9.17) is 10.2 Å². The number of urea groups is 1. The number of hydrogen-bond donors (Lipinski definition) is 3. The molecule has 0 bridgehead atoms. The Morgan fingerprint density at radius 1 is 1.39 bits per heavy atom. The van der Waals surface area contributed by atoms with Gasteiger partial charge >= 0.3 is 12.0 Å². The maximum absolute atomic E-state index is 11.5. The second kappa shape index (κ2) is 7.17. The highest BCUT2D eigenvalue weighted by Gasteiger charge is 2.21. The lowest BCUT2D eigenvalue weighted by molar-refractivity contribution is -0.139. The molecule has 0 saturated carbocycles. The zero-order valence-corrected chi connectivity index (χ0v) is 11.1. The molecule has 1 atom stereocenters. The number of amides is 2. The molecule has 0 heterocycles. The van der Waals surface area contributed by atoms with E-state index in [-0.39, 0.29) is 25.3 Å². The third kappa shape index (κ3) is 7.07. The molecule has 9 heteroatoms. The number of aliphatic hydroxyl groups excluding tert-OH is 1. The molecule has 0 saturated heterocycles. The number of nitrogens with one attached hydrogen (secondary N) is 1. The van der Waals surface area contributed by atoms with Crippen LogP contribution in [0.2, 0.25) is 0 Å². The Morgan fingerprint density at radius 3 is 2.33 bits per heavy atom. The largest absolute Gasteiger partial charge is 0.480 e.